The third kappa shape index (κ3) is 3.88. The highest BCUT2D eigenvalue weighted by atomic mass is 32.1. The van der Waals surface area contributed by atoms with Crippen LogP contribution in [-0.2, 0) is 16.0 Å². The lowest BCUT2D eigenvalue weighted by atomic mass is 10.1. The Bertz CT molecular complexity index is 666. The predicted molar refractivity (Wildman–Crippen MR) is 79.0 cm³/mol. The molecule has 110 valence electrons. The van der Waals surface area contributed by atoms with Gasteiger partial charge in [0, 0.05) is 23.5 Å². The molecule has 0 aliphatic heterocycles. The van der Waals surface area contributed by atoms with Gasteiger partial charge in [0.2, 0.25) is 5.91 Å². The number of thiazole rings is 1. The molecule has 1 aromatic carbocycles. The number of nitrogens with zero attached hydrogens (tertiary/aromatic N) is 1. The molecule has 2 rings (SSSR count). The van der Waals surface area contributed by atoms with Crippen LogP contribution in [-0.4, -0.2) is 16.9 Å². The zero-order chi connectivity index (χ0) is 15.4. The fourth-order valence-electron chi connectivity index (χ4n) is 1.82. The molecule has 6 heteroatoms. The van der Waals surface area contributed by atoms with Gasteiger partial charge >= 0.3 is 0 Å². The first kappa shape index (κ1) is 15.2. The number of amides is 1. The summed E-state index contributed by atoms with van der Waals surface area (Å²) in [5.74, 6) is -1.78. The van der Waals surface area contributed by atoms with Crippen molar-refractivity contribution in [3.63, 3.8) is 0 Å². The highest BCUT2D eigenvalue weighted by molar-refractivity contribution is 7.09. The standard InChI is InChI=1S/C15H16N2O3S/c1-9-5-3-4-6-12(9)17-14(20)10(2)15-16-11(8-21-15)7-13(18)19/h3-6,8,10H,7H2,1-2H3,(H,17,20)(H,18,19)/p-1/t10-/m1/s1. The second kappa shape index (κ2) is 6.49. The monoisotopic (exact) mass is 303 g/mol. The van der Waals surface area contributed by atoms with Gasteiger partial charge in [0.25, 0.3) is 0 Å². The topological polar surface area (TPSA) is 82.1 Å². The fourth-order valence-corrected chi connectivity index (χ4v) is 2.69. The van der Waals surface area contributed by atoms with E-state index in [1.807, 2.05) is 31.2 Å². The molecule has 2 aromatic rings. The SMILES string of the molecule is Cc1ccccc1NC(=O)[C@@H](C)c1nc(CC(=O)[O-])cs1. The van der Waals surface area contributed by atoms with Crippen molar-refractivity contribution in [3.05, 3.63) is 45.9 Å². The number of carbonyl (C=O) groups is 2. The molecule has 0 fully saturated rings. The zero-order valence-corrected chi connectivity index (χ0v) is 12.6. The van der Waals surface area contributed by atoms with E-state index in [0.717, 1.165) is 11.3 Å². The number of benzene rings is 1. The third-order valence-corrected chi connectivity index (χ3v) is 4.14. The van der Waals surface area contributed by atoms with Crippen LogP contribution in [0.3, 0.4) is 0 Å². The Kier molecular flexibility index (Phi) is 4.70. The van der Waals surface area contributed by atoms with Crippen LogP contribution >= 0.6 is 11.3 Å². The first-order valence-electron chi connectivity index (χ1n) is 6.48. The summed E-state index contributed by atoms with van der Waals surface area (Å²) in [6, 6.07) is 7.51. The van der Waals surface area contributed by atoms with Crippen LogP contribution in [0.2, 0.25) is 0 Å². The summed E-state index contributed by atoms with van der Waals surface area (Å²) in [4.78, 5) is 26.9. The first-order chi connectivity index (χ1) is 9.97. The van der Waals surface area contributed by atoms with Crippen molar-refractivity contribution in [2.24, 2.45) is 0 Å². The summed E-state index contributed by atoms with van der Waals surface area (Å²) < 4.78 is 0. The maximum atomic E-state index is 12.2. The highest BCUT2D eigenvalue weighted by Gasteiger charge is 2.19. The maximum absolute atomic E-state index is 12.2. The van der Waals surface area contributed by atoms with E-state index in [2.05, 4.69) is 10.3 Å². The number of aliphatic carboxylic acids is 1. The number of para-hydroxylation sites is 1. The Morgan fingerprint density at radius 3 is 2.76 bits per heavy atom. The van der Waals surface area contributed by atoms with Crippen molar-refractivity contribution in [3.8, 4) is 0 Å². The van der Waals surface area contributed by atoms with E-state index < -0.39 is 11.9 Å². The van der Waals surface area contributed by atoms with E-state index in [1.165, 1.54) is 11.3 Å². The molecule has 1 amide bonds. The van der Waals surface area contributed by atoms with E-state index in [4.69, 9.17) is 0 Å². The van der Waals surface area contributed by atoms with Gasteiger partial charge in [-0.05, 0) is 25.5 Å². The lowest BCUT2D eigenvalue weighted by molar-refractivity contribution is -0.304. The highest BCUT2D eigenvalue weighted by Crippen LogP contribution is 2.23. The fraction of sp³-hybridized carbons (Fsp3) is 0.267. The van der Waals surface area contributed by atoms with Crippen LogP contribution in [0, 0.1) is 6.92 Å². The van der Waals surface area contributed by atoms with Gasteiger partial charge in [0.1, 0.15) is 5.01 Å². The number of nitrogens with one attached hydrogen (secondary N) is 1. The molecule has 1 N–H and O–H groups in total. The minimum Gasteiger partial charge on any atom is -0.550 e. The first-order valence-corrected chi connectivity index (χ1v) is 7.36. The molecule has 1 aromatic heterocycles. The minimum absolute atomic E-state index is 0.168. The molecule has 0 spiro atoms. The number of rotatable bonds is 5. The molecule has 21 heavy (non-hydrogen) atoms. The van der Waals surface area contributed by atoms with Crippen molar-refractivity contribution in [2.75, 3.05) is 5.32 Å². The molecule has 1 atom stereocenters. The number of hydrogen-bond acceptors (Lipinski definition) is 5. The van der Waals surface area contributed by atoms with Crippen molar-refractivity contribution >= 4 is 28.9 Å². The van der Waals surface area contributed by atoms with Gasteiger partial charge in [0.05, 0.1) is 11.6 Å². The summed E-state index contributed by atoms with van der Waals surface area (Å²) in [7, 11) is 0. The Morgan fingerprint density at radius 1 is 1.38 bits per heavy atom. The molecular weight excluding hydrogens is 288 g/mol. The molecule has 1 heterocycles. The number of carboxylic acids is 1. The van der Waals surface area contributed by atoms with E-state index in [1.54, 1.807) is 12.3 Å². The van der Waals surface area contributed by atoms with Crippen LogP contribution in [0.25, 0.3) is 0 Å². The Hall–Kier alpha value is -2.21. The van der Waals surface area contributed by atoms with Crippen molar-refractivity contribution in [2.45, 2.75) is 26.2 Å². The number of carboxylic acid groups (broad SMARTS) is 1. The average Bonchev–Trinajstić information content (AvgIpc) is 2.88. The molecule has 0 bridgehead atoms. The van der Waals surface area contributed by atoms with E-state index in [9.17, 15) is 14.7 Å². The van der Waals surface area contributed by atoms with Gasteiger partial charge in [-0.3, -0.25) is 4.79 Å². The summed E-state index contributed by atoms with van der Waals surface area (Å²) in [6.07, 6.45) is -0.233. The van der Waals surface area contributed by atoms with Crippen molar-refractivity contribution in [1.29, 1.82) is 0 Å². The van der Waals surface area contributed by atoms with Crippen LogP contribution in [0.5, 0.6) is 0 Å². The molecule has 5 nitrogen and oxygen atoms in total. The molecule has 0 saturated carbocycles. The van der Waals surface area contributed by atoms with E-state index in [-0.39, 0.29) is 12.3 Å². The second-order valence-corrected chi connectivity index (χ2v) is 5.64. The smallest absolute Gasteiger partial charge is 0.234 e. The number of anilines is 1. The van der Waals surface area contributed by atoms with Gasteiger partial charge < -0.3 is 15.2 Å². The summed E-state index contributed by atoms with van der Waals surface area (Å²) in [5, 5.41) is 15.6. The second-order valence-electron chi connectivity index (χ2n) is 4.75. The molecule has 0 radical (unpaired) electrons. The minimum atomic E-state index is -1.18. The zero-order valence-electron chi connectivity index (χ0n) is 11.8. The predicted octanol–water partition coefficient (Wildman–Crippen LogP) is 1.49. The van der Waals surface area contributed by atoms with E-state index in [0.29, 0.717) is 10.7 Å². The molecule has 0 aliphatic rings. The van der Waals surface area contributed by atoms with Crippen LogP contribution in [0.15, 0.2) is 29.6 Å². The quantitative estimate of drug-likeness (QED) is 0.907. The summed E-state index contributed by atoms with van der Waals surface area (Å²) in [6.45, 7) is 3.66. The maximum Gasteiger partial charge on any atom is 0.234 e. The molecule has 0 unspecified atom stereocenters. The Balaban J connectivity index is 2.07. The number of hydrogen-bond donors (Lipinski definition) is 1. The van der Waals surface area contributed by atoms with Gasteiger partial charge in [0.15, 0.2) is 0 Å². The number of aryl methyl sites for hydroxylation is 1. The van der Waals surface area contributed by atoms with Gasteiger partial charge in [-0.25, -0.2) is 4.98 Å². The largest absolute Gasteiger partial charge is 0.550 e. The average molecular weight is 303 g/mol. The molecule has 0 saturated heterocycles. The summed E-state index contributed by atoms with van der Waals surface area (Å²) >= 11 is 1.28. The lowest BCUT2D eigenvalue weighted by Crippen LogP contribution is -2.24. The van der Waals surface area contributed by atoms with Crippen molar-refractivity contribution < 1.29 is 14.7 Å². The van der Waals surface area contributed by atoms with Gasteiger partial charge in [-0.15, -0.1) is 11.3 Å². The van der Waals surface area contributed by atoms with E-state index >= 15 is 0 Å². The lowest BCUT2D eigenvalue weighted by Gasteiger charge is -2.11. The van der Waals surface area contributed by atoms with Gasteiger partial charge in [-0.1, -0.05) is 18.2 Å². The normalized spacial score (nSPS) is 11.9. The summed E-state index contributed by atoms with van der Waals surface area (Å²) in [5.41, 5.74) is 2.17. The Labute approximate surface area is 126 Å². The number of aromatic nitrogens is 1. The van der Waals surface area contributed by atoms with Gasteiger partial charge in [-0.2, -0.15) is 0 Å². The third-order valence-electron chi connectivity index (χ3n) is 3.06. The molecular formula is C15H15N2O3S-. The van der Waals surface area contributed by atoms with Crippen molar-refractivity contribution in [1.82, 2.24) is 4.98 Å². The molecule has 0 aliphatic carbocycles. The van der Waals surface area contributed by atoms with Crippen LogP contribution < -0.4 is 10.4 Å². The Morgan fingerprint density at radius 2 is 2.10 bits per heavy atom. The van der Waals surface area contributed by atoms with Crippen LogP contribution in [0.1, 0.15) is 29.1 Å². The number of carbonyl (C=O) groups excluding carboxylic acids is 2. The van der Waals surface area contributed by atoms with Crippen LogP contribution in [0.4, 0.5) is 5.69 Å².